The van der Waals surface area contributed by atoms with Crippen molar-refractivity contribution in [3.8, 4) is 5.75 Å². The Bertz CT molecular complexity index is 1060. The fourth-order valence-corrected chi connectivity index (χ4v) is 4.20. The van der Waals surface area contributed by atoms with Crippen molar-refractivity contribution in [3.05, 3.63) is 59.7 Å². The van der Waals surface area contributed by atoms with E-state index < -0.39 is 0 Å². The van der Waals surface area contributed by atoms with E-state index in [1.54, 1.807) is 66.4 Å². The van der Waals surface area contributed by atoms with Crippen LogP contribution in [-0.4, -0.2) is 87.2 Å². The molecule has 3 atom stereocenters. The molecule has 0 unspecified atom stereocenters. The van der Waals surface area contributed by atoms with E-state index in [2.05, 4.69) is 5.32 Å². The highest BCUT2D eigenvalue weighted by atomic mass is 16.5. The average Bonchev–Trinajstić information content (AvgIpc) is 2.88. The summed E-state index contributed by atoms with van der Waals surface area (Å²) >= 11 is 0. The molecule has 0 spiro atoms. The van der Waals surface area contributed by atoms with Crippen molar-refractivity contribution in [2.24, 2.45) is 5.92 Å². The first kappa shape index (κ1) is 27.2. The first-order chi connectivity index (χ1) is 17.2. The summed E-state index contributed by atoms with van der Waals surface area (Å²) in [5.41, 5.74) is 1.30. The molecule has 3 rings (SSSR count). The second-order valence-corrected chi connectivity index (χ2v) is 9.11. The van der Waals surface area contributed by atoms with Gasteiger partial charge in [-0.3, -0.25) is 14.4 Å². The topological polar surface area (TPSA) is 97.4 Å². The third-order valence-corrected chi connectivity index (χ3v) is 6.33. The van der Waals surface area contributed by atoms with Crippen molar-refractivity contribution in [3.63, 3.8) is 0 Å². The van der Waals surface area contributed by atoms with E-state index in [4.69, 9.17) is 14.2 Å². The zero-order valence-corrected chi connectivity index (χ0v) is 21.5. The molecule has 1 N–H and O–H groups in total. The number of nitrogens with one attached hydrogen (secondary N) is 1. The predicted octanol–water partition coefficient (Wildman–Crippen LogP) is 2.92. The molecule has 3 amide bonds. The van der Waals surface area contributed by atoms with Gasteiger partial charge < -0.3 is 29.3 Å². The van der Waals surface area contributed by atoms with Gasteiger partial charge in [0.25, 0.3) is 11.8 Å². The van der Waals surface area contributed by atoms with Crippen LogP contribution in [0.15, 0.2) is 48.5 Å². The summed E-state index contributed by atoms with van der Waals surface area (Å²) in [6, 6.07) is 13.5. The zero-order valence-electron chi connectivity index (χ0n) is 21.5. The summed E-state index contributed by atoms with van der Waals surface area (Å²) in [6.45, 7) is 4.79. The Morgan fingerprint density at radius 3 is 2.47 bits per heavy atom. The molecule has 9 nitrogen and oxygen atoms in total. The highest BCUT2D eigenvalue weighted by Gasteiger charge is 2.30. The first-order valence-corrected chi connectivity index (χ1v) is 11.9. The molecule has 1 heterocycles. The lowest BCUT2D eigenvalue weighted by atomic mass is 10.0. The largest absolute Gasteiger partial charge is 0.491 e. The van der Waals surface area contributed by atoms with E-state index in [9.17, 15) is 14.4 Å². The number of fused-ring (bicyclic) bond motifs is 1. The molecular weight excluding hydrogens is 462 g/mol. The molecule has 2 aromatic carbocycles. The van der Waals surface area contributed by atoms with Gasteiger partial charge in [0.15, 0.2) is 0 Å². The van der Waals surface area contributed by atoms with E-state index in [1.165, 1.54) is 7.11 Å². The third kappa shape index (κ3) is 6.61. The number of anilines is 1. The molecule has 0 aliphatic carbocycles. The SMILES string of the molecule is COCC(=O)N1C[C@@H](C)[C@H](OC)CN(C)C(=O)c2cc(NC(=O)c3ccccc3)ccc2OC[C@@H]1C. The molecule has 0 saturated heterocycles. The molecule has 9 heteroatoms. The predicted molar refractivity (Wildman–Crippen MR) is 136 cm³/mol. The van der Waals surface area contributed by atoms with Crippen LogP contribution in [0.1, 0.15) is 34.6 Å². The van der Waals surface area contributed by atoms with Crippen LogP contribution in [-0.2, 0) is 14.3 Å². The number of carbonyl (C=O) groups is 3. The van der Waals surface area contributed by atoms with Crippen molar-refractivity contribution in [2.45, 2.75) is 26.0 Å². The molecule has 0 aromatic heterocycles. The Morgan fingerprint density at radius 1 is 1.08 bits per heavy atom. The number of benzene rings is 2. The van der Waals surface area contributed by atoms with Gasteiger partial charge in [-0.1, -0.05) is 25.1 Å². The van der Waals surface area contributed by atoms with Crippen LogP contribution in [0.25, 0.3) is 0 Å². The molecular formula is C27H35N3O6. The van der Waals surface area contributed by atoms with Gasteiger partial charge in [-0.15, -0.1) is 0 Å². The minimum Gasteiger partial charge on any atom is -0.491 e. The molecule has 0 bridgehead atoms. The quantitative estimate of drug-likeness (QED) is 0.682. The van der Waals surface area contributed by atoms with Gasteiger partial charge in [0.1, 0.15) is 19.0 Å². The van der Waals surface area contributed by atoms with Crippen molar-refractivity contribution in [1.82, 2.24) is 9.80 Å². The average molecular weight is 498 g/mol. The Labute approximate surface area is 212 Å². The monoisotopic (exact) mass is 497 g/mol. The number of rotatable bonds is 5. The Morgan fingerprint density at radius 2 is 1.81 bits per heavy atom. The number of amides is 3. The van der Waals surface area contributed by atoms with Crippen LogP contribution in [0, 0.1) is 5.92 Å². The van der Waals surface area contributed by atoms with Gasteiger partial charge in [0.05, 0.1) is 17.7 Å². The molecule has 194 valence electrons. The number of likely N-dealkylation sites (N-methyl/N-ethyl adjacent to an activating group) is 1. The van der Waals surface area contributed by atoms with Gasteiger partial charge >= 0.3 is 0 Å². The number of nitrogens with zero attached hydrogens (tertiary/aromatic N) is 2. The lowest BCUT2D eigenvalue weighted by molar-refractivity contribution is -0.139. The maximum absolute atomic E-state index is 13.5. The molecule has 0 radical (unpaired) electrons. The molecule has 1 aliphatic rings. The maximum Gasteiger partial charge on any atom is 0.257 e. The number of carbonyl (C=O) groups excluding carboxylic acids is 3. The van der Waals surface area contributed by atoms with Crippen LogP contribution in [0.4, 0.5) is 5.69 Å². The first-order valence-electron chi connectivity index (χ1n) is 11.9. The summed E-state index contributed by atoms with van der Waals surface area (Å²) < 4.78 is 16.8. The second-order valence-electron chi connectivity index (χ2n) is 9.11. The lowest BCUT2D eigenvalue weighted by Gasteiger charge is -2.36. The highest BCUT2D eigenvalue weighted by molar-refractivity contribution is 6.05. The van der Waals surface area contributed by atoms with Crippen LogP contribution < -0.4 is 10.1 Å². The molecule has 1 aliphatic heterocycles. The molecule has 0 saturated carbocycles. The van der Waals surface area contributed by atoms with E-state index in [-0.39, 0.29) is 49.0 Å². The normalized spacial score (nSPS) is 21.0. The van der Waals surface area contributed by atoms with E-state index in [0.717, 1.165) is 0 Å². The van der Waals surface area contributed by atoms with Crippen molar-refractivity contribution in [2.75, 3.05) is 52.9 Å². The van der Waals surface area contributed by atoms with Gasteiger partial charge in [-0.05, 0) is 37.3 Å². The Kier molecular flexibility index (Phi) is 9.44. The highest BCUT2D eigenvalue weighted by Crippen LogP contribution is 2.27. The minimum atomic E-state index is -0.297. The number of ether oxygens (including phenoxy) is 3. The van der Waals surface area contributed by atoms with E-state index >= 15 is 0 Å². The maximum atomic E-state index is 13.5. The van der Waals surface area contributed by atoms with Crippen molar-refractivity contribution < 1.29 is 28.6 Å². The van der Waals surface area contributed by atoms with E-state index in [0.29, 0.717) is 35.7 Å². The van der Waals surface area contributed by atoms with Crippen molar-refractivity contribution >= 4 is 23.4 Å². The lowest BCUT2D eigenvalue weighted by Crippen LogP contribution is -2.49. The standard InChI is InChI=1S/C27H35N3O6/c1-18-14-30(25(31)17-34-4)19(2)16-36-23-12-11-21(28-26(32)20-9-7-6-8-10-20)13-22(23)27(33)29(3)15-24(18)35-5/h6-13,18-19,24H,14-17H2,1-5H3,(H,28,32)/t18-,19+,24-/m1/s1. The summed E-state index contributed by atoms with van der Waals surface area (Å²) in [6.07, 6.45) is -0.297. The van der Waals surface area contributed by atoms with Gasteiger partial charge in [-0.25, -0.2) is 0 Å². The number of hydrogen-bond acceptors (Lipinski definition) is 6. The van der Waals surface area contributed by atoms with E-state index in [1.807, 2.05) is 19.9 Å². The summed E-state index contributed by atoms with van der Waals surface area (Å²) in [7, 11) is 4.79. The van der Waals surface area contributed by atoms with Gasteiger partial charge in [0, 0.05) is 51.5 Å². The van der Waals surface area contributed by atoms with Crippen LogP contribution in [0.5, 0.6) is 5.75 Å². The smallest absolute Gasteiger partial charge is 0.257 e. The van der Waals surface area contributed by atoms with Crippen molar-refractivity contribution in [1.29, 1.82) is 0 Å². The fourth-order valence-electron chi connectivity index (χ4n) is 4.20. The molecule has 0 fully saturated rings. The van der Waals surface area contributed by atoms with Crippen LogP contribution in [0.2, 0.25) is 0 Å². The Balaban J connectivity index is 1.93. The summed E-state index contributed by atoms with van der Waals surface area (Å²) in [5, 5.41) is 2.85. The van der Waals surface area contributed by atoms with Crippen LogP contribution in [0.3, 0.4) is 0 Å². The summed E-state index contributed by atoms with van der Waals surface area (Å²) in [4.78, 5) is 42.2. The number of hydrogen-bond donors (Lipinski definition) is 1. The van der Waals surface area contributed by atoms with Gasteiger partial charge in [0.2, 0.25) is 5.91 Å². The summed E-state index contributed by atoms with van der Waals surface area (Å²) in [5.74, 6) is -0.353. The van der Waals surface area contributed by atoms with Crippen LogP contribution >= 0.6 is 0 Å². The van der Waals surface area contributed by atoms with Gasteiger partial charge in [-0.2, -0.15) is 0 Å². The fraction of sp³-hybridized carbons (Fsp3) is 0.444. The zero-order chi connectivity index (χ0) is 26.2. The number of methoxy groups -OCH3 is 2. The minimum absolute atomic E-state index is 0.0336. The Hall–Kier alpha value is -3.43. The second kappa shape index (κ2) is 12.5. The molecule has 2 aromatic rings. The molecule has 36 heavy (non-hydrogen) atoms. The third-order valence-electron chi connectivity index (χ3n) is 6.33.